The van der Waals surface area contributed by atoms with Gasteiger partial charge in [-0.05, 0) is 13.3 Å². The first-order valence-electron chi connectivity index (χ1n) is 5.86. The van der Waals surface area contributed by atoms with E-state index >= 15 is 0 Å². The van der Waals surface area contributed by atoms with E-state index in [2.05, 4.69) is 30.8 Å². The van der Waals surface area contributed by atoms with E-state index in [1.807, 2.05) is 6.92 Å². The molecular formula is C10H15N7OS. The Balaban J connectivity index is 1.57. The molecule has 0 unspecified atom stereocenters. The lowest BCUT2D eigenvalue weighted by Crippen LogP contribution is -2.27. The summed E-state index contributed by atoms with van der Waals surface area (Å²) in [4.78, 5) is 15.7. The summed E-state index contributed by atoms with van der Waals surface area (Å²) in [5.74, 6) is 1.04. The fourth-order valence-electron chi connectivity index (χ4n) is 1.39. The normalized spacial score (nSPS) is 10.6. The van der Waals surface area contributed by atoms with Gasteiger partial charge in [-0.3, -0.25) is 14.6 Å². The van der Waals surface area contributed by atoms with Crippen molar-refractivity contribution in [1.82, 2.24) is 35.5 Å². The Kier molecular flexibility index (Phi) is 4.90. The van der Waals surface area contributed by atoms with Crippen LogP contribution >= 0.6 is 11.8 Å². The third-order valence-corrected chi connectivity index (χ3v) is 3.11. The van der Waals surface area contributed by atoms with E-state index in [4.69, 9.17) is 0 Å². The van der Waals surface area contributed by atoms with Crippen LogP contribution in [-0.4, -0.2) is 48.4 Å². The zero-order chi connectivity index (χ0) is 13.5. The van der Waals surface area contributed by atoms with Crippen LogP contribution in [0, 0.1) is 6.92 Å². The molecule has 0 radical (unpaired) electrons. The van der Waals surface area contributed by atoms with Crippen molar-refractivity contribution in [3.8, 4) is 0 Å². The van der Waals surface area contributed by atoms with Crippen molar-refractivity contribution in [3.63, 3.8) is 0 Å². The van der Waals surface area contributed by atoms with E-state index in [0.717, 1.165) is 18.8 Å². The van der Waals surface area contributed by atoms with E-state index in [0.29, 0.717) is 17.5 Å². The lowest BCUT2D eigenvalue weighted by molar-refractivity contribution is -0.118. The highest BCUT2D eigenvalue weighted by Gasteiger charge is 2.05. The van der Waals surface area contributed by atoms with Crippen LogP contribution in [0.25, 0.3) is 0 Å². The number of aryl methyl sites for hydroxylation is 2. The largest absolute Gasteiger partial charge is 0.355 e. The molecule has 2 aromatic heterocycles. The highest BCUT2D eigenvalue weighted by Crippen LogP contribution is 2.10. The molecule has 9 heteroatoms. The summed E-state index contributed by atoms with van der Waals surface area (Å²) in [6.07, 6.45) is 4.25. The highest BCUT2D eigenvalue weighted by atomic mass is 32.2. The number of hydrogen-bond acceptors (Lipinski definition) is 6. The average Bonchev–Trinajstić information content (AvgIpc) is 3.03. The lowest BCUT2D eigenvalue weighted by Gasteiger charge is -2.03. The van der Waals surface area contributed by atoms with Crippen LogP contribution in [0.3, 0.4) is 0 Å². The van der Waals surface area contributed by atoms with Crippen molar-refractivity contribution in [2.75, 3.05) is 12.3 Å². The molecule has 0 aromatic carbocycles. The summed E-state index contributed by atoms with van der Waals surface area (Å²) in [5, 5.41) is 17.7. The molecule has 0 saturated heterocycles. The fourth-order valence-corrected chi connectivity index (χ4v) is 2.06. The minimum Gasteiger partial charge on any atom is -0.355 e. The summed E-state index contributed by atoms with van der Waals surface area (Å²) >= 11 is 1.31. The van der Waals surface area contributed by atoms with Gasteiger partial charge in [-0.25, -0.2) is 4.98 Å². The molecule has 0 aliphatic carbocycles. The van der Waals surface area contributed by atoms with Gasteiger partial charge in [0.2, 0.25) is 11.1 Å². The zero-order valence-corrected chi connectivity index (χ0v) is 11.4. The SMILES string of the molecule is Cc1nc(SCC(=O)NCCCn2ccnn2)n[nH]1. The van der Waals surface area contributed by atoms with Crippen LogP contribution in [0.5, 0.6) is 0 Å². The smallest absolute Gasteiger partial charge is 0.230 e. The molecule has 8 nitrogen and oxygen atoms in total. The van der Waals surface area contributed by atoms with Crippen LogP contribution in [0.15, 0.2) is 17.6 Å². The van der Waals surface area contributed by atoms with Crippen molar-refractivity contribution in [2.24, 2.45) is 0 Å². The molecule has 0 saturated carbocycles. The first kappa shape index (κ1) is 13.5. The number of rotatable bonds is 7. The fraction of sp³-hybridized carbons (Fsp3) is 0.500. The predicted molar refractivity (Wildman–Crippen MR) is 69.5 cm³/mol. The van der Waals surface area contributed by atoms with Gasteiger partial charge in [0.15, 0.2) is 0 Å². The molecule has 102 valence electrons. The third-order valence-electron chi connectivity index (χ3n) is 2.27. The number of aromatic amines is 1. The van der Waals surface area contributed by atoms with Gasteiger partial charge in [0.25, 0.3) is 0 Å². The van der Waals surface area contributed by atoms with Crippen LogP contribution in [0.4, 0.5) is 0 Å². The van der Waals surface area contributed by atoms with Crippen molar-refractivity contribution >= 4 is 17.7 Å². The predicted octanol–water partition coefficient (Wildman–Crippen LogP) is 0.00322. The van der Waals surface area contributed by atoms with E-state index in [9.17, 15) is 4.79 Å². The van der Waals surface area contributed by atoms with Gasteiger partial charge in [-0.15, -0.1) is 10.2 Å². The molecular weight excluding hydrogens is 266 g/mol. The Morgan fingerprint density at radius 2 is 2.47 bits per heavy atom. The quantitative estimate of drug-likeness (QED) is 0.547. The Labute approximate surface area is 114 Å². The number of H-pyrrole nitrogens is 1. The second-order valence-electron chi connectivity index (χ2n) is 3.86. The summed E-state index contributed by atoms with van der Waals surface area (Å²) < 4.78 is 1.73. The van der Waals surface area contributed by atoms with Gasteiger partial charge < -0.3 is 5.32 Å². The summed E-state index contributed by atoms with van der Waals surface area (Å²) in [7, 11) is 0. The number of hydrogen-bond donors (Lipinski definition) is 2. The van der Waals surface area contributed by atoms with E-state index < -0.39 is 0 Å². The number of carbonyl (C=O) groups excluding carboxylic acids is 1. The molecule has 0 aliphatic rings. The molecule has 2 rings (SSSR count). The molecule has 19 heavy (non-hydrogen) atoms. The van der Waals surface area contributed by atoms with Crippen molar-refractivity contribution in [3.05, 3.63) is 18.2 Å². The standard InChI is InChI=1S/C10H15N7OS/c1-8-13-10(15-14-8)19-7-9(18)11-3-2-5-17-6-4-12-16-17/h4,6H,2-3,5,7H2,1H3,(H,11,18)(H,13,14,15). The average molecular weight is 281 g/mol. The molecule has 0 spiro atoms. The van der Waals surface area contributed by atoms with Gasteiger partial charge in [0, 0.05) is 19.3 Å². The number of nitrogens with zero attached hydrogens (tertiary/aromatic N) is 5. The molecule has 1 amide bonds. The van der Waals surface area contributed by atoms with Crippen LogP contribution in [-0.2, 0) is 11.3 Å². The van der Waals surface area contributed by atoms with Gasteiger partial charge in [-0.2, -0.15) is 0 Å². The Hall–Kier alpha value is -1.90. The maximum atomic E-state index is 11.6. The second kappa shape index (κ2) is 6.88. The number of thioether (sulfide) groups is 1. The van der Waals surface area contributed by atoms with Crippen molar-refractivity contribution in [1.29, 1.82) is 0 Å². The van der Waals surface area contributed by atoms with E-state index in [1.165, 1.54) is 11.8 Å². The summed E-state index contributed by atoms with van der Waals surface area (Å²) in [5.41, 5.74) is 0. The molecule has 2 N–H and O–H groups in total. The Bertz CT molecular complexity index is 510. The minimum atomic E-state index is -0.0222. The molecule has 2 aromatic rings. The van der Waals surface area contributed by atoms with Crippen LogP contribution in [0.2, 0.25) is 0 Å². The van der Waals surface area contributed by atoms with E-state index in [1.54, 1.807) is 17.1 Å². The zero-order valence-electron chi connectivity index (χ0n) is 10.5. The van der Waals surface area contributed by atoms with Crippen molar-refractivity contribution < 1.29 is 4.79 Å². The first-order chi connectivity index (χ1) is 9.24. The Morgan fingerprint density at radius 1 is 1.58 bits per heavy atom. The van der Waals surface area contributed by atoms with Crippen LogP contribution < -0.4 is 5.32 Å². The van der Waals surface area contributed by atoms with Gasteiger partial charge >= 0.3 is 0 Å². The van der Waals surface area contributed by atoms with Gasteiger partial charge in [0.05, 0.1) is 11.9 Å². The Morgan fingerprint density at radius 3 is 3.16 bits per heavy atom. The molecule has 0 aliphatic heterocycles. The molecule has 2 heterocycles. The molecule has 0 fully saturated rings. The van der Waals surface area contributed by atoms with E-state index in [-0.39, 0.29) is 5.91 Å². The molecule has 0 atom stereocenters. The van der Waals surface area contributed by atoms with Gasteiger partial charge in [0.1, 0.15) is 5.82 Å². The number of aromatic nitrogens is 6. The lowest BCUT2D eigenvalue weighted by atomic mass is 10.4. The maximum Gasteiger partial charge on any atom is 0.230 e. The summed E-state index contributed by atoms with van der Waals surface area (Å²) in [6.45, 7) is 3.18. The highest BCUT2D eigenvalue weighted by molar-refractivity contribution is 7.99. The number of carbonyl (C=O) groups is 1. The number of nitrogens with one attached hydrogen (secondary N) is 2. The summed E-state index contributed by atoms with van der Waals surface area (Å²) in [6, 6.07) is 0. The topological polar surface area (TPSA) is 101 Å². The molecule has 0 bridgehead atoms. The van der Waals surface area contributed by atoms with Gasteiger partial charge in [-0.1, -0.05) is 17.0 Å². The third kappa shape index (κ3) is 4.70. The van der Waals surface area contributed by atoms with Crippen LogP contribution in [0.1, 0.15) is 12.2 Å². The van der Waals surface area contributed by atoms with Crippen molar-refractivity contribution in [2.45, 2.75) is 25.0 Å². The minimum absolute atomic E-state index is 0.0222. The maximum absolute atomic E-state index is 11.6. The second-order valence-corrected chi connectivity index (χ2v) is 4.80. The number of amides is 1. The monoisotopic (exact) mass is 281 g/mol. The first-order valence-corrected chi connectivity index (χ1v) is 6.85.